The maximum Gasteiger partial charge on any atom is 0.408 e. The fourth-order valence-electron chi connectivity index (χ4n) is 13.8. The Morgan fingerprint density at radius 1 is 0.380 bits per heavy atom. The Kier molecular flexibility index (Phi) is 66.0. The highest BCUT2D eigenvalue weighted by Crippen LogP contribution is 2.19. The number of H-pyrrole nitrogens is 1. The zero-order valence-corrected chi connectivity index (χ0v) is 65.7. The first-order chi connectivity index (χ1) is 49.3. The highest BCUT2D eigenvalue weighted by atomic mass is 16.6. The zero-order chi connectivity index (χ0) is 71.8. The third-order valence-electron chi connectivity index (χ3n) is 20.2. The van der Waals surface area contributed by atoms with Crippen molar-refractivity contribution < 1.29 is 42.7 Å². The fraction of sp³-hybridized carbons (Fsp3) is 0.881. The van der Waals surface area contributed by atoms with Crippen molar-refractivity contribution >= 4 is 24.0 Å². The standard InChI is InChI=1S/C84H158N8O8/c1-5-9-13-17-21-25-29-33-37-41-45-49-53-57-63-91(64-58-54-50-46-42-38-34-30-26-22-18-14-10-6-2)81(93)79(75-89-67-61-85-77-89)87-83(95)99-73-71-97-69-70-98-72-74-100-84(96)88-80(76-90-68-62-86-78-90)82(94)92(65-59-55-51-47-43-39-35-31-27-23-19-15-11-7-3)66-60-56-52-48-44-40-36-32-28-24-20-16-12-8-4/h61-62,67-68,77-80H,5-60,63-66,69-76H2,1-4H3,(H2,87,88,95,96)/p+1/t79-,80-/m0/s1. The van der Waals surface area contributed by atoms with Crippen molar-refractivity contribution in [1.82, 2.24) is 35.0 Å². The Morgan fingerprint density at radius 3 is 0.920 bits per heavy atom. The number of carbonyl (C=O) groups is 4. The van der Waals surface area contributed by atoms with Crippen molar-refractivity contribution in [2.45, 2.75) is 412 Å². The van der Waals surface area contributed by atoms with E-state index in [1.165, 1.54) is 308 Å². The lowest BCUT2D eigenvalue weighted by atomic mass is 10.0. The van der Waals surface area contributed by atoms with Gasteiger partial charge in [0.1, 0.15) is 44.2 Å². The molecule has 3 N–H and O–H groups in total. The van der Waals surface area contributed by atoms with Crippen LogP contribution in [-0.4, -0.2) is 126 Å². The molecule has 0 aromatic carbocycles. The van der Waals surface area contributed by atoms with Crippen molar-refractivity contribution in [2.24, 2.45) is 0 Å². The van der Waals surface area contributed by atoms with Crippen LogP contribution in [0.1, 0.15) is 387 Å². The first-order valence-electron chi connectivity index (χ1n) is 42.9. The van der Waals surface area contributed by atoms with Gasteiger partial charge in [-0.2, -0.15) is 0 Å². The van der Waals surface area contributed by atoms with E-state index in [2.05, 4.69) is 48.3 Å². The Labute approximate surface area is 614 Å². The van der Waals surface area contributed by atoms with Crippen molar-refractivity contribution in [3.05, 3.63) is 37.4 Å². The summed E-state index contributed by atoms with van der Waals surface area (Å²) in [5.41, 5.74) is 0. The molecule has 0 fully saturated rings. The molecule has 100 heavy (non-hydrogen) atoms. The molecule has 0 saturated heterocycles. The van der Waals surface area contributed by atoms with Crippen LogP contribution < -0.4 is 15.2 Å². The van der Waals surface area contributed by atoms with Gasteiger partial charge < -0.3 is 43.9 Å². The maximum absolute atomic E-state index is 14.5. The minimum absolute atomic E-state index is 0.000147. The predicted molar refractivity (Wildman–Crippen MR) is 416 cm³/mol. The number of aromatic nitrogens is 4. The van der Waals surface area contributed by atoms with Gasteiger partial charge in [-0.1, -0.05) is 362 Å². The van der Waals surface area contributed by atoms with Gasteiger partial charge in [-0.05, 0) is 25.7 Å². The van der Waals surface area contributed by atoms with Crippen LogP contribution in [0.3, 0.4) is 0 Å². The lowest BCUT2D eigenvalue weighted by molar-refractivity contribution is -0.696. The number of amides is 4. The van der Waals surface area contributed by atoms with Crippen LogP contribution in [-0.2, 0) is 41.6 Å². The third-order valence-corrected chi connectivity index (χ3v) is 20.2. The Balaban J connectivity index is 1.86. The fourth-order valence-corrected chi connectivity index (χ4v) is 13.8. The first kappa shape index (κ1) is 91.9. The molecule has 0 aliphatic heterocycles. The van der Waals surface area contributed by atoms with Gasteiger partial charge in [0.2, 0.25) is 18.1 Å². The van der Waals surface area contributed by atoms with Gasteiger partial charge in [0.05, 0.1) is 39.3 Å². The summed E-state index contributed by atoms with van der Waals surface area (Å²) in [6.07, 6.45) is 81.2. The van der Waals surface area contributed by atoms with Gasteiger partial charge >= 0.3 is 12.2 Å². The molecule has 16 nitrogen and oxygen atoms in total. The Hall–Kier alpha value is -4.18. The van der Waals surface area contributed by atoms with E-state index >= 15 is 0 Å². The number of nitrogens with one attached hydrogen (secondary N) is 3. The second-order valence-corrected chi connectivity index (χ2v) is 29.5. The molecular weight excluding hydrogens is 1250 g/mol. The third kappa shape index (κ3) is 57.3. The number of imidazole rings is 2. The molecule has 2 aromatic heterocycles. The minimum Gasteiger partial charge on any atom is -0.447 e. The number of hydrogen-bond acceptors (Lipinski definition) is 9. The number of unbranched alkanes of at least 4 members (excludes halogenated alkanes) is 52. The van der Waals surface area contributed by atoms with Gasteiger partial charge in [0, 0.05) is 38.6 Å². The van der Waals surface area contributed by atoms with Crippen LogP contribution in [0.2, 0.25) is 0 Å². The zero-order valence-electron chi connectivity index (χ0n) is 65.7. The molecule has 582 valence electrons. The van der Waals surface area contributed by atoms with E-state index in [0.717, 1.165) is 51.4 Å². The van der Waals surface area contributed by atoms with Crippen molar-refractivity contribution in [1.29, 1.82) is 0 Å². The number of ether oxygens (including phenoxy) is 4. The highest BCUT2D eigenvalue weighted by Gasteiger charge is 2.30. The van der Waals surface area contributed by atoms with Crippen molar-refractivity contribution in [3.63, 3.8) is 0 Å². The van der Waals surface area contributed by atoms with Crippen LogP contribution in [0, 0.1) is 0 Å². The van der Waals surface area contributed by atoms with Crippen LogP contribution in [0.25, 0.3) is 0 Å². The number of aromatic amines is 1. The van der Waals surface area contributed by atoms with Gasteiger partial charge in [-0.3, -0.25) is 14.6 Å². The first-order valence-corrected chi connectivity index (χ1v) is 42.9. The van der Waals surface area contributed by atoms with Crippen LogP contribution in [0.15, 0.2) is 37.4 Å². The molecule has 0 saturated carbocycles. The molecule has 0 spiro atoms. The number of alkyl carbamates (subject to hydrolysis) is 2. The van der Waals surface area contributed by atoms with E-state index < -0.39 is 24.3 Å². The van der Waals surface area contributed by atoms with Crippen molar-refractivity contribution in [2.75, 3.05) is 65.8 Å². The lowest BCUT2D eigenvalue weighted by Gasteiger charge is -2.28. The van der Waals surface area contributed by atoms with E-state index in [4.69, 9.17) is 18.9 Å². The maximum atomic E-state index is 14.5. The average Bonchev–Trinajstić information content (AvgIpc) is 1.46. The molecule has 2 aromatic rings. The monoisotopic (exact) mass is 1410 g/mol. The van der Waals surface area contributed by atoms with E-state index in [0.29, 0.717) is 26.2 Å². The van der Waals surface area contributed by atoms with E-state index in [1.807, 2.05) is 37.5 Å². The normalized spacial score (nSPS) is 12.1. The summed E-state index contributed by atoms with van der Waals surface area (Å²) in [5, 5.41) is 5.83. The topological polar surface area (TPSA) is 173 Å². The Morgan fingerprint density at radius 2 is 0.650 bits per heavy atom. The van der Waals surface area contributed by atoms with E-state index in [9.17, 15) is 19.2 Å². The molecule has 0 bridgehead atoms. The van der Waals surface area contributed by atoms with E-state index in [-0.39, 0.29) is 64.5 Å². The highest BCUT2D eigenvalue weighted by molar-refractivity contribution is 5.86. The largest absolute Gasteiger partial charge is 0.447 e. The summed E-state index contributed by atoms with van der Waals surface area (Å²) in [5.74, 6) is -0.160. The lowest BCUT2D eigenvalue weighted by Crippen LogP contribution is -2.55. The average molecular weight is 1410 g/mol. The molecule has 0 aliphatic carbocycles. The molecule has 0 radical (unpaired) electrons. The molecular formula is C84H159N8O8+. The minimum atomic E-state index is -0.815. The van der Waals surface area contributed by atoms with Crippen LogP contribution in [0.4, 0.5) is 9.59 Å². The summed E-state index contributed by atoms with van der Waals surface area (Å²) in [4.78, 5) is 67.0. The summed E-state index contributed by atoms with van der Waals surface area (Å²) in [6.45, 7) is 13.1. The molecule has 2 heterocycles. The molecule has 2 rings (SSSR count). The van der Waals surface area contributed by atoms with Crippen LogP contribution >= 0.6 is 0 Å². The van der Waals surface area contributed by atoms with E-state index in [1.54, 1.807) is 18.9 Å². The molecule has 0 unspecified atom stereocenters. The van der Waals surface area contributed by atoms with Gasteiger partial charge in [0.25, 0.3) is 0 Å². The number of hydrogen-bond donors (Lipinski definition) is 3. The van der Waals surface area contributed by atoms with Gasteiger partial charge in [-0.15, -0.1) is 0 Å². The molecule has 2 atom stereocenters. The quantitative estimate of drug-likeness (QED) is 0.0430. The summed E-state index contributed by atoms with van der Waals surface area (Å²) in [7, 11) is 0. The SMILES string of the molecule is CCCCCCCCCCCCCCCCN(CCCCCCCCCCCCCCCC)C(=O)[C@H](Cn1ccnc1)NC(=O)OCCOCCOCCOC(=O)N[C@@H](C[n+]1cc[nH]c1)C(=O)N(CCCCCCCCCCCCCCCC)CCCCCCCCCCCCCCCC. The Bertz CT molecular complexity index is 1840. The molecule has 4 amide bonds. The molecule has 0 aliphatic rings. The van der Waals surface area contributed by atoms with Crippen LogP contribution in [0.5, 0.6) is 0 Å². The summed E-state index contributed by atoms with van der Waals surface area (Å²) >= 11 is 0. The summed E-state index contributed by atoms with van der Waals surface area (Å²) < 4.78 is 26.4. The number of carbonyl (C=O) groups excluding carboxylic acids is 4. The predicted octanol–water partition coefficient (Wildman–Crippen LogP) is 22.0. The molecule has 16 heteroatoms. The summed E-state index contributed by atoms with van der Waals surface area (Å²) in [6, 6.07) is -1.61. The second kappa shape index (κ2) is 71.8. The number of nitrogens with zero attached hydrogens (tertiary/aromatic N) is 5. The second-order valence-electron chi connectivity index (χ2n) is 29.5. The van der Waals surface area contributed by atoms with Crippen molar-refractivity contribution in [3.8, 4) is 0 Å². The smallest absolute Gasteiger partial charge is 0.408 e. The van der Waals surface area contributed by atoms with Gasteiger partial charge in [0.15, 0.2) is 0 Å². The van der Waals surface area contributed by atoms with Gasteiger partial charge in [-0.25, -0.2) is 19.1 Å². The number of rotatable bonds is 77.